The Morgan fingerprint density at radius 3 is 3.15 bits per heavy atom. The molecule has 0 saturated carbocycles. The van der Waals surface area contributed by atoms with Gasteiger partial charge in [0.2, 0.25) is 0 Å². The molecule has 20 heavy (non-hydrogen) atoms. The minimum Gasteiger partial charge on any atom is -0.497 e. The number of fused-ring (bicyclic) bond motifs is 1. The Balaban J connectivity index is 2.01. The second kappa shape index (κ2) is 5.35. The summed E-state index contributed by atoms with van der Waals surface area (Å²) in [5.74, 6) is 1.72. The molecule has 5 heteroatoms. The Morgan fingerprint density at radius 1 is 1.45 bits per heavy atom. The van der Waals surface area contributed by atoms with E-state index in [1.165, 1.54) is 0 Å². The fraction of sp³-hybridized carbons (Fsp3) is 0.333. The van der Waals surface area contributed by atoms with Crippen molar-refractivity contribution in [1.82, 2.24) is 4.98 Å². The highest BCUT2D eigenvalue weighted by Gasteiger charge is 2.22. The molecule has 1 atom stereocenters. The molecule has 5 nitrogen and oxygen atoms in total. The maximum absolute atomic E-state index is 9.00. The third-order valence-corrected chi connectivity index (χ3v) is 3.46. The minimum absolute atomic E-state index is 0.390. The maximum atomic E-state index is 9.00. The molecule has 3 rings (SSSR count). The number of methoxy groups -OCH3 is 1. The molecule has 0 bridgehead atoms. The van der Waals surface area contributed by atoms with Gasteiger partial charge < -0.3 is 14.4 Å². The zero-order valence-electron chi connectivity index (χ0n) is 11.2. The monoisotopic (exact) mass is 269 g/mol. The average molecular weight is 269 g/mol. The molecule has 1 saturated heterocycles. The van der Waals surface area contributed by atoms with E-state index in [1.54, 1.807) is 13.3 Å². The number of benzene rings is 1. The van der Waals surface area contributed by atoms with Gasteiger partial charge in [0.25, 0.3) is 0 Å². The molecule has 2 heterocycles. The number of rotatable bonds is 2. The van der Waals surface area contributed by atoms with Crippen molar-refractivity contribution in [1.29, 1.82) is 5.26 Å². The molecule has 2 aromatic rings. The summed E-state index contributed by atoms with van der Waals surface area (Å²) in [7, 11) is 1.66. The van der Waals surface area contributed by atoms with Gasteiger partial charge in [0, 0.05) is 18.1 Å². The van der Waals surface area contributed by atoms with Crippen molar-refractivity contribution in [3.8, 4) is 11.8 Å². The predicted octanol–water partition coefficient (Wildman–Crippen LogP) is 1.97. The summed E-state index contributed by atoms with van der Waals surface area (Å²) in [4.78, 5) is 6.58. The molecular weight excluding hydrogens is 254 g/mol. The Hall–Kier alpha value is -2.32. The minimum atomic E-state index is -0.390. The van der Waals surface area contributed by atoms with E-state index in [2.05, 4.69) is 16.0 Å². The van der Waals surface area contributed by atoms with E-state index in [4.69, 9.17) is 14.7 Å². The second-order valence-corrected chi connectivity index (χ2v) is 4.66. The first-order valence-corrected chi connectivity index (χ1v) is 6.51. The smallest absolute Gasteiger partial charge is 0.161 e. The number of nitriles is 1. The van der Waals surface area contributed by atoms with Crippen molar-refractivity contribution in [3.05, 3.63) is 30.5 Å². The third-order valence-electron chi connectivity index (χ3n) is 3.46. The Labute approximate surface area is 117 Å². The highest BCUT2D eigenvalue weighted by atomic mass is 16.5. The highest BCUT2D eigenvalue weighted by Crippen LogP contribution is 2.28. The summed E-state index contributed by atoms with van der Waals surface area (Å²) >= 11 is 0. The van der Waals surface area contributed by atoms with E-state index >= 15 is 0 Å². The Morgan fingerprint density at radius 2 is 2.35 bits per heavy atom. The molecule has 1 aromatic carbocycles. The molecule has 102 valence electrons. The largest absolute Gasteiger partial charge is 0.497 e. The molecule has 1 aromatic heterocycles. The van der Waals surface area contributed by atoms with Crippen LogP contribution in [0.25, 0.3) is 10.8 Å². The van der Waals surface area contributed by atoms with E-state index in [1.807, 2.05) is 24.3 Å². The number of anilines is 1. The number of aromatic nitrogens is 1. The van der Waals surface area contributed by atoms with Gasteiger partial charge in [0.15, 0.2) is 6.10 Å². The molecular formula is C15H15N3O2. The topological polar surface area (TPSA) is 58.4 Å². The van der Waals surface area contributed by atoms with E-state index in [0.29, 0.717) is 13.2 Å². The van der Waals surface area contributed by atoms with Gasteiger partial charge in [-0.25, -0.2) is 4.98 Å². The normalized spacial score (nSPS) is 18.8. The quantitative estimate of drug-likeness (QED) is 0.834. The lowest BCUT2D eigenvalue weighted by molar-refractivity contribution is 0.0762. The van der Waals surface area contributed by atoms with E-state index in [0.717, 1.165) is 28.9 Å². The number of nitrogens with zero attached hydrogens (tertiary/aromatic N) is 3. The second-order valence-electron chi connectivity index (χ2n) is 4.66. The van der Waals surface area contributed by atoms with Gasteiger partial charge in [-0.2, -0.15) is 5.26 Å². The van der Waals surface area contributed by atoms with Crippen LogP contribution in [-0.4, -0.2) is 37.9 Å². The lowest BCUT2D eigenvalue weighted by Gasteiger charge is -2.31. The van der Waals surface area contributed by atoms with Crippen molar-refractivity contribution < 1.29 is 9.47 Å². The fourth-order valence-corrected chi connectivity index (χ4v) is 2.44. The average Bonchev–Trinajstić information content (AvgIpc) is 2.53. The van der Waals surface area contributed by atoms with Crippen LogP contribution in [0.1, 0.15) is 0 Å². The van der Waals surface area contributed by atoms with Crippen LogP contribution in [-0.2, 0) is 4.74 Å². The first-order chi connectivity index (χ1) is 9.81. The van der Waals surface area contributed by atoms with Gasteiger partial charge in [-0.05, 0) is 29.7 Å². The number of hydrogen-bond donors (Lipinski definition) is 0. The van der Waals surface area contributed by atoms with E-state index < -0.39 is 0 Å². The SMILES string of the molecule is COc1ccc2c(N3CCOC(C#N)C3)nccc2c1. The van der Waals surface area contributed by atoms with Crippen molar-refractivity contribution in [2.45, 2.75) is 6.10 Å². The highest BCUT2D eigenvalue weighted by molar-refractivity contribution is 5.93. The zero-order chi connectivity index (χ0) is 13.9. The first-order valence-electron chi connectivity index (χ1n) is 6.51. The molecule has 0 amide bonds. The Bertz CT molecular complexity index is 666. The summed E-state index contributed by atoms with van der Waals surface area (Å²) in [6.45, 7) is 1.84. The first kappa shape index (κ1) is 12.7. The predicted molar refractivity (Wildman–Crippen MR) is 75.9 cm³/mol. The van der Waals surface area contributed by atoms with Crippen LogP contribution in [0.2, 0.25) is 0 Å². The number of hydrogen-bond acceptors (Lipinski definition) is 5. The lowest BCUT2D eigenvalue weighted by atomic mass is 10.1. The Kier molecular flexibility index (Phi) is 3.40. The fourth-order valence-electron chi connectivity index (χ4n) is 2.44. The summed E-state index contributed by atoms with van der Waals surface area (Å²) < 4.78 is 10.6. The summed E-state index contributed by atoms with van der Waals surface area (Å²) in [5.41, 5.74) is 0. The number of ether oxygens (including phenoxy) is 2. The van der Waals surface area contributed by atoms with E-state index in [-0.39, 0.29) is 6.10 Å². The molecule has 0 radical (unpaired) electrons. The molecule has 0 spiro atoms. The molecule has 1 fully saturated rings. The van der Waals surface area contributed by atoms with Crippen LogP contribution in [0.3, 0.4) is 0 Å². The van der Waals surface area contributed by atoms with Gasteiger partial charge in [-0.1, -0.05) is 0 Å². The summed E-state index contributed by atoms with van der Waals surface area (Å²) in [6.07, 6.45) is 1.40. The van der Waals surface area contributed by atoms with Gasteiger partial charge >= 0.3 is 0 Å². The molecule has 1 aliphatic rings. The standard InChI is InChI=1S/C15H15N3O2/c1-19-12-2-3-14-11(8-12)4-5-17-15(14)18-6-7-20-13(9-16)10-18/h2-5,8,13H,6-7,10H2,1H3. The number of morpholine rings is 1. The van der Waals surface area contributed by atoms with Crippen molar-refractivity contribution >= 4 is 16.6 Å². The van der Waals surface area contributed by atoms with E-state index in [9.17, 15) is 0 Å². The van der Waals surface area contributed by atoms with Gasteiger partial charge in [-0.15, -0.1) is 0 Å². The zero-order valence-corrected chi connectivity index (χ0v) is 11.2. The van der Waals surface area contributed by atoms with Gasteiger partial charge in [-0.3, -0.25) is 0 Å². The van der Waals surface area contributed by atoms with Crippen molar-refractivity contribution in [2.75, 3.05) is 31.7 Å². The van der Waals surface area contributed by atoms with Crippen LogP contribution in [0.5, 0.6) is 5.75 Å². The van der Waals surface area contributed by atoms with Gasteiger partial charge in [0.05, 0.1) is 26.3 Å². The van der Waals surface area contributed by atoms with Crippen LogP contribution in [0.15, 0.2) is 30.5 Å². The summed E-state index contributed by atoms with van der Waals surface area (Å²) in [6, 6.07) is 10.0. The summed E-state index contributed by atoms with van der Waals surface area (Å²) in [5, 5.41) is 11.1. The van der Waals surface area contributed by atoms with Crippen molar-refractivity contribution in [2.24, 2.45) is 0 Å². The maximum Gasteiger partial charge on any atom is 0.161 e. The van der Waals surface area contributed by atoms with Gasteiger partial charge in [0.1, 0.15) is 11.6 Å². The van der Waals surface area contributed by atoms with Crippen LogP contribution >= 0.6 is 0 Å². The van der Waals surface area contributed by atoms with Crippen LogP contribution in [0.4, 0.5) is 5.82 Å². The third kappa shape index (κ3) is 2.26. The van der Waals surface area contributed by atoms with Crippen LogP contribution < -0.4 is 9.64 Å². The number of pyridine rings is 1. The molecule has 0 aliphatic carbocycles. The molecule has 1 unspecified atom stereocenters. The lowest BCUT2D eigenvalue weighted by Crippen LogP contribution is -2.42. The molecule has 1 aliphatic heterocycles. The molecule has 0 N–H and O–H groups in total. The van der Waals surface area contributed by atoms with Crippen LogP contribution in [0, 0.1) is 11.3 Å². The van der Waals surface area contributed by atoms with Crippen molar-refractivity contribution in [3.63, 3.8) is 0 Å².